The second kappa shape index (κ2) is 10.8. The van der Waals surface area contributed by atoms with Gasteiger partial charge in [0.1, 0.15) is 0 Å². The molecule has 0 N–H and O–H groups in total. The average Bonchev–Trinajstić information content (AvgIpc) is 2.25. The van der Waals surface area contributed by atoms with Gasteiger partial charge in [0.25, 0.3) is 0 Å². The van der Waals surface area contributed by atoms with Crippen molar-refractivity contribution in [3.8, 4) is 0 Å². The van der Waals surface area contributed by atoms with E-state index in [4.69, 9.17) is 9.47 Å². The summed E-state index contributed by atoms with van der Waals surface area (Å²) < 4.78 is 10.1. The van der Waals surface area contributed by atoms with E-state index in [9.17, 15) is 0 Å². The summed E-state index contributed by atoms with van der Waals surface area (Å²) in [6, 6.07) is 10.5. The molecule has 78 valence electrons. The zero-order chi connectivity index (χ0) is 10.1. The second-order valence-electron chi connectivity index (χ2n) is 2.76. The van der Waals surface area contributed by atoms with Crippen LogP contribution in [0.15, 0.2) is 30.3 Å². The van der Waals surface area contributed by atoms with Crippen LogP contribution in [0.5, 0.6) is 0 Å². The minimum atomic E-state index is 0. The van der Waals surface area contributed by atoms with Crippen molar-refractivity contribution in [1.82, 2.24) is 0 Å². The van der Waals surface area contributed by atoms with E-state index in [0.717, 1.165) is 5.32 Å². The van der Waals surface area contributed by atoms with Crippen molar-refractivity contribution in [1.29, 1.82) is 0 Å². The molecule has 1 aromatic rings. The molecule has 0 saturated carbocycles. The van der Waals surface area contributed by atoms with E-state index in [1.165, 1.54) is 5.56 Å². The predicted molar refractivity (Wildman–Crippen MR) is 58.0 cm³/mol. The normalized spacial score (nSPS) is 9.67. The average molecular weight is 265 g/mol. The van der Waals surface area contributed by atoms with E-state index >= 15 is 0 Å². The van der Waals surface area contributed by atoms with E-state index in [1.54, 1.807) is 7.11 Å². The summed E-state index contributed by atoms with van der Waals surface area (Å²) in [5, 5.41) is 1.10. The Labute approximate surface area is 110 Å². The Morgan fingerprint density at radius 3 is 2.60 bits per heavy atom. The van der Waals surface area contributed by atoms with Crippen molar-refractivity contribution < 1.29 is 28.3 Å². The molecule has 0 heterocycles. The van der Waals surface area contributed by atoms with Crippen LogP contribution in [0.2, 0.25) is 0 Å². The van der Waals surface area contributed by atoms with E-state index in [2.05, 4.69) is 24.3 Å². The molecule has 0 aliphatic heterocycles. The van der Waals surface area contributed by atoms with Crippen molar-refractivity contribution in [3.63, 3.8) is 0 Å². The first-order chi connectivity index (χ1) is 6.93. The largest absolute Gasteiger partial charge is 1.00 e. The Morgan fingerprint density at radius 1 is 1.20 bits per heavy atom. The Hall–Kier alpha value is 0.257. The van der Waals surface area contributed by atoms with Gasteiger partial charge in [0.15, 0.2) is 0 Å². The minimum absolute atomic E-state index is 0. The number of hydrogen-bond acceptors (Lipinski definition) is 2. The fraction of sp³-hybridized carbons (Fsp3) is 0.364. The van der Waals surface area contributed by atoms with Gasteiger partial charge in [-0.25, -0.2) is 0 Å². The van der Waals surface area contributed by atoms with Gasteiger partial charge in [-0.15, -0.1) is 0 Å². The van der Waals surface area contributed by atoms with E-state index < -0.39 is 0 Å². The van der Waals surface area contributed by atoms with Gasteiger partial charge in [0.2, 0.25) is 0 Å². The molecule has 0 aliphatic rings. The molecule has 2 nitrogen and oxygen atoms in total. The molecule has 0 unspecified atom stereocenters. The maximum Gasteiger partial charge on any atom is 1.00 e. The smallest absolute Gasteiger partial charge is 1.00 e. The van der Waals surface area contributed by atoms with Gasteiger partial charge >= 0.3 is 110 Å². The molecule has 0 fully saturated rings. The second-order valence-corrected chi connectivity index (χ2v) is 4.47. The van der Waals surface area contributed by atoms with Crippen molar-refractivity contribution in [2.45, 2.75) is 5.32 Å². The van der Waals surface area contributed by atoms with Gasteiger partial charge < -0.3 is 0 Å². The topological polar surface area (TPSA) is 18.5 Å². The van der Waals surface area contributed by atoms with Crippen LogP contribution >= 0.6 is 0 Å². The summed E-state index contributed by atoms with van der Waals surface area (Å²) in [6.07, 6.45) is 0. The molecule has 0 aliphatic carbocycles. The molecule has 1 aromatic carbocycles. The van der Waals surface area contributed by atoms with E-state index in [1.807, 2.05) is 11.6 Å². The van der Waals surface area contributed by atoms with Gasteiger partial charge in [-0.05, 0) is 0 Å². The van der Waals surface area contributed by atoms with Crippen LogP contribution in [0.3, 0.4) is 0 Å². The predicted octanol–water partition coefficient (Wildman–Crippen LogP) is -1.32. The quantitative estimate of drug-likeness (QED) is 0.346. The SMILES string of the molecule is COCCO[CH-][Se]Cc1ccccc1.[Li+]. The van der Waals surface area contributed by atoms with Crippen LogP contribution in [0, 0.1) is 5.51 Å². The summed E-state index contributed by atoms with van der Waals surface area (Å²) in [5.41, 5.74) is 3.29. The minimum Gasteiger partial charge on any atom is 1.00 e. The van der Waals surface area contributed by atoms with Crippen LogP contribution < -0.4 is 18.9 Å². The van der Waals surface area contributed by atoms with Crippen LogP contribution in [0.1, 0.15) is 5.56 Å². The van der Waals surface area contributed by atoms with Crippen molar-refractivity contribution in [2.75, 3.05) is 20.3 Å². The molecule has 0 amide bonds. The van der Waals surface area contributed by atoms with Crippen LogP contribution in [0.4, 0.5) is 0 Å². The number of rotatable bonds is 7. The third kappa shape index (κ3) is 8.10. The summed E-state index contributed by atoms with van der Waals surface area (Å²) in [7, 11) is 1.68. The molecule has 0 radical (unpaired) electrons. The number of ether oxygens (including phenoxy) is 2. The summed E-state index contributed by atoms with van der Waals surface area (Å²) in [5.74, 6) is 0. The van der Waals surface area contributed by atoms with Crippen LogP contribution in [0.25, 0.3) is 0 Å². The zero-order valence-electron chi connectivity index (χ0n) is 9.31. The molecular formula is C11H15LiO2Se. The molecule has 0 bridgehead atoms. The first-order valence-corrected chi connectivity index (χ1v) is 6.71. The van der Waals surface area contributed by atoms with E-state index in [-0.39, 0.29) is 18.9 Å². The maximum absolute atomic E-state index is 5.27. The zero-order valence-corrected chi connectivity index (χ0v) is 11.0. The van der Waals surface area contributed by atoms with Crippen LogP contribution in [-0.2, 0) is 14.8 Å². The van der Waals surface area contributed by atoms with Crippen LogP contribution in [-0.4, -0.2) is 35.3 Å². The Morgan fingerprint density at radius 2 is 1.93 bits per heavy atom. The van der Waals surface area contributed by atoms with Crippen molar-refractivity contribution in [2.24, 2.45) is 0 Å². The molecule has 4 heteroatoms. The fourth-order valence-electron chi connectivity index (χ4n) is 0.932. The first-order valence-electron chi connectivity index (χ1n) is 4.51. The summed E-state index contributed by atoms with van der Waals surface area (Å²) in [4.78, 5) is 0. The molecule has 0 atom stereocenters. The van der Waals surface area contributed by atoms with Gasteiger partial charge in [0, 0.05) is 0 Å². The molecule has 0 aromatic heterocycles. The number of benzene rings is 1. The third-order valence-electron chi connectivity index (χ3n) is 1.63. The summed E-state index contributed by atoms with van der Waals surface area (Å²) >= 11 is 0.426. The fourth-order valence-corrected chi connectivity index (χ4v) is 2.29. The number of methoxy groups -OCH3 is 1. The van der Waals surface area contributed by atoms with Gasteiger partial charge in [0.05, 0.1) is 0 Å². The number of hydrogen-bond donors (Lipinski definition) is 0. The molecular weight excluding hydrogens is 250 g/mol. The monoisotopic (exact) mass is 266 g/mol. The third-order valence-corrected chi connectivity index (χ3v) is 3.25. The summed E-state index contributed by atoms with van der Waals surface area (Å²) in [6.45, 7) is 1.32. The molecule has 15 heavy (non-hydrogen) atoms. The Balaban J connectivity index is 0.00000196. The molecule has 0 spiro atoms. The Bertz CT molecular complexity index is 231. The van der Waals surface area contributed by atoms with E-state index in [0.29, 0.717) is 28.2 Å². The van der Waals surface area contributed by atoms with Gasteiger partial charge in [-0.3, -0.25) is 0 Å². The molecule has 1 rings (SSSR count). The van der Waals surface area contributed by atoms with Crippen molar-refractivity contribution in [3.05, 3.63) is 41.4 Å². The molecule has 0 saturated heterocycles. The van der Waals surface area contributed by atoms with Gasteiger partial charge in [-0.1, -0.05) is 0 Å². The standard InChI is InChI=1S/C11H15O2Se.Li/c1-12-7-8-13-10-14-9-11-5-3-2-4-6-11;/h2-6,10H,7-9H2,1H3;/q-1;+1. The first kappa shape index (κ1) is 15.3. The maximum atomic E-state index is 5.27. The van der Waals surface area contributed by atoms with Gasteiger partial charge in [-0.2, -0.15) is 0 Å². The Kier molecular flexibility index (Phi) is 10.9. The van der Waals surface area contributed by atoms with Crippen molar-refractivity contribution >= 4 is 15.0 Å².